The van der Waals surface area contributed by atoms with Gasteiger partial charge < -0.3 is 18.9 Å². The van der Waals surface area contributed by atoms with Crippen molar-refractivity contribution in [3.05, 3.63) is 82.9 Å². The molecule has 4 nitrogen and oxygen atoms in total. The number of benzene rings is 3. The molecule has 3 aromatic carbocycles. The van der Waals surface area contributed by atoms with E-state index >= 15 is 0 Å². The maximum Gasteiger partial charge on any atom is 0.129 e. The first-order valence-corrected chi connectivity index (χ1v) is 9.57. The highest BCUT2D eigenvalue weighted by Gasteiger charge is 2.03. The molecule has 0 heterocycles. The molecule has 0 aromatic heterocycles. The molecule has 0 unspecified atom stereocenters. The highest BCUT2D eigenvalue weighted by molar-refractivity contribution is 5.77. The van der Waals surface area contributed by atoms with Crippen LogP contribution in [0.1, 0.15) is 22.3 Å². The standard InChI is InChI=1S/C26H26O4/c1-27-23-14-12-21(25(17-23)29-3)10-8-19-6-5-7-20(16-19)9-11-22-13-15-24(28-2)18-26(22)30-4/h5-18H,1-4H3/b10-8+,11-9+. The van der Waals surface area contributed by atoms with Crippen LogP contribution in [0.25, 0.3) is 24.3 Å². The van der Waals surface area contributed by atoms with Gasteiger partial charge >= 0.3 is 0 Å². The minimum absolute atomic E-state index is 0.769. The second-order valence-corrected chi connectivity index (χ2v) is 6.55. The molecule has 0 fully saturated rings. The Kier molecular flexibility index (Phi) is 7.17. The lowest BCUT2D eigenvalue weighted by Gasteiger charge is -2.07. The summed E-state index contributed by atoms with van der Waals surface area (Å²) in [6, 6.07) is 19.8. The monoisotopic (exact) mass is 402 g/mol. The summed E-state index contributed by atoms with van der Waals surface area (Å²) >= 11 is 0. The van der Waals surface area contributed by atoms with Gasteiger partial charge in [-0.25, -0.2) is 0 Å². The minimum atomic E-state index is 0.769. The third-order valence-electron chi connectivity index (χ3n) is 4.70. The zero-order chi connectivity index (χ0) is 21.3. The Balaban J connectivity index is 1.80. The first-order valence-electron chi connectivity index (χ1n) is 9.57. The average Bonchev–Trinajstić information content (AvgIpc) is 2.81. The van der Waals surface area contributed by atoms with Crippen LogP contribution >= 0.6 is 0 Å². The van der Waals surface area contributed by atoms with Crippen LogP contribution in [-0.2, 0) is 0 Å². The molecule has 0 aliphatic rings. The van der Waals surface area contributed by atoms with Crippen LogP contribution in [0.5, 0.6) is 23.0 Å². The van der Waals surface area contributed by atoms with Crippen molar-refractivity contribution in [3.63, 3.8) is 0 Å². The lowest BCUT2D eigenvalue weighted by Crippen LogP contribution is -1.89. The van der Waals surface area contributed by atoms with Crippen LogP contribution in [0.3, 0.4) is 0 Å². The van der Waals surface area contributed by atoms with Crippen molar-refractivity contribution >= 4 is 24.3 Å². The van der Waals surface area contributed by atoms with Crippen molar-refractivity contribution in [1.29, 1.82) is 0 Å². The molecule has 0 aliphatic carbocycles. The zero-order valence-electron chi connectivity index (χ0n) is 17.7. The van der Waals surface area contributed by atoms with E-state index in [-0.39, 0.29) is 0 Å². The Morgan fingerprint density at radius 1 is 0.500 bits per heavy atom. The number of hydrogen-bond acceptors (Lipinski definition) is 4. The van der Waals surface area contributed by atoms with Gasteiger partial charge in [-0.15, -0.1) is 0 Å². The number of rotatable bonds is 8. The van der Waals surface area contributed by atoms with E-state index in [9.17, 15) is 0 Å². The van der Waals surface area contributed by atoms with Crippen molar-refractivity contribution in [3.8, 4) is 23.0 Å². The second-order valence-electron chi connectivity index (χ2n) is 6.55. The fraction of sp³-hybridized carbons (Fsp3) is 0.154. The van der Waals surface area contributed by atoms with Gasteiger partial charge in [-0.05, 0) is 41.5 Å². The molecule has 30 heavy (non-hydrogen) atoms. The van der Waals surface area contributed by atoms with Gasteiger partial charge in [0.2, 0.25) is 0 Å². The first kappa shape index (κ1) is 21.1. The number of methoxy groups -OCH3 is 4. The fourth-order valence-corrected chi connectivity index (χ4v) is 3.05. The molecule has 0 saturated carbocycles. The Morgan fingerprint density at radius 3 is 1.37 bits per heavy atom. The van der Waals surface area contributed by atoms with Crippen LogP contribution in [0.4, 0.5) is 0 Å². The molecule has 0 saturated heterocycles. The van der Waals surface area contributed by atoms with Gasteiger partial charge in [0.05, 0.1) is 28.4 Å². The van der Waals surface area contributed by atoms with E-state index in [1.807, 2.05) is 54.6 Å². The van der Waals surface area contributed by atoms with Crippen molar-refractivity contribution in [2.75, 3.05) is 28.4 Å². The summed E-state index contributed by atoms with van der Waals surface area (Å²) in [6.07, 6.45) is 8.20. The van der Waals surface area contributed by atoms with Crippen molar-refractivity contribution in [2.24, 2.45) is 0 Å². The van der Waals surface area contributed by atoms with Gasteiger partial charge in [0.25, 0.3) is 0 Å². The van der Waals surface area contributed by atoms with Gasteiger partial charge in [0.1, 0.15) is 23.0 Å². The molecule has 3 aromatic rings. The van der Waals surface area contributed by atoms with Crippen molar-refractivity contribution < 1.29 is 18.9 Å². The summed E-state index contributed by atoms with van der Waals surface area (Å²) in [6.45, 7) is 0. The molecule has 0 bridgehead atoms. The van der Waals surface area contributed by atoms with Crippen LogP contribution in [0.15, 0.2) is 60.7 Å². The molecule has 0 spiro atoms. The van der Waals surface area contributed by atoms with Gasteiger partial charge in [0.15, 0.2) is 0 Å². The third-order valence-corrected chi connectivity index (χ3v) is 4.70. The Labute approximate surface area is 178 Å². The van der Waals surface area contributed by atoms with Gasteiger partial charge in [0, 0.05) is 23.3 Å². The van der Waals surface area contributed by atoms with E-state index in [1.54, 1.807) is 28.4 Å². The summed E-state index contributed by atoms with van der Waals surface area (Å²) in [4.78, 5) is 0. The molecular formula is C26H26O4. The predicted octanol–water partition coefficient (Wildman–Crippen LogP) is 6.06. The van der Waals surface area contributed by atoms with E-state index in [0.717, 1.165) is 45.3 Å². The Hall–Kier alpha value is -3.66. The van der Waals surface area contributed by atoms with Crippen LogP contribution in [-0.4, -0.2) is 28.4 Å². The topological polar surface area (TPSA) is 36.9 Å². The highest BCUT2D eigenvalue weighted by Crippen LogP contribution is 2.27. The minimum Gasteiger partial charge on any atom is -0.497 e. The predicted molar refractivity (Wildman–Crippen MR) is 123 cm³/mol. The smallest absolute Gasteiger partial charge is 0.129 e. The quantitative estimate of drug-likeness (QED) is 0.429. The van der Waals surface area contributed by atoms with E-state index in [4.69, 9.17) is 18.9 Å². The summed E-state index contributed by atoms with van der Waals surface area (Å²) < 4.78 is 21.4. The van der Waals surface area contributed by atoms with Crippen LogP contribution < -0.4 is 18.9 Å². The molecule has 0 aliphatic heterocycles. The van der Waals surface area contributed by atoms with Crippen molar-refractivity contribution in [1.82, 2.24) is 0 Å². The lowest BCUT2D eigenvalue weighted by molar-refractivity contribution is 0.393. The largest absolute Gasteiger partial charge is 0.497 e. The van der Waals surface area contributed by atoms with E-state index < -0.39 is 0 Å². The maximum atomic E-state index is 5.46. The summed E-state index contributed by atoms with van der Waals surface area (Å²) in [7, 11) is 6.60. The number of ether oxygens (including phenoxy) is 4. The highest BCUT2D eigenvalue weighted by atomic mass is 16.5. The van der Waals surface area contributed by atoms with Gasteiger partial charge in [-0.3, -0.25) is 0 Å². The van der Waals surface area contributed by atoms with E-state index in [0.29, 0.717) is 0 Å². The SMILES string of the molecule is COc1ccc(/C=C/c2cccc(/C=C/c3ccc(OC)cc3OC)c2)c(OC)c1. The molecule has 154 valence electrons. The number of hydrogen-bond donors (Lipinski definition) is 0. The molecule has 0 radical (unpaired) electrons. The van der Waals surface area contributed by atoms with Crippen LogP contribution in [0, 0.1) is 0 Å². The normalized spacial score (nSPS) is 11.1. The second kappa shape index (κ2) is 10.2. The maximum absolute atomic E-state index is 5.46. The van der Waals surface area contributed by atoms with Crippen LogP contribution in [0.2, 0.25) is 0 Å². The lowest BCUT2D eigenvalue weighted by atomic mass is 10.1. The zero-order valence-corrected chi connectivity index (χ0v) is 17.7. The molecular weight excluding hydrogens is 376 g/mol. The Morgan fingerprint density at radius 2 is 0.967 bits per heavy atom. The average molecular weight is 402 g/mol. The first-order chi connectivity index (χ1) is 14.7. The molecule has 0 N–H and O–H groups in total. The Bertz CT molecular complexity index is 970. The molecule has 3 rings (SSSR count). The molecule has 0 amide bonds. The summed E-state index contributed by atoms with van der Waals surface area (Å²) in [5, 5.41) is 0. The third kappa shape index (κ3) is 5.23. The van der Waals surface area contributed by atoms with E-state index in [1.165, 1.54) is 0 Å². The molecule has 0 atom stereocenters. The van der Waals surface area contributed by atoms with Gasteiger partial charge in [-0.2, -0.15) is 0 Å². The molecule has 4 heteroatoms. The fourth-order valence-electron chi connectivity index (χ4n) is 3.05. The summed E-state index contributed by atoms with van der Waals surface area (Å²) in [5.41, 5.74) is 4.16. The van der Waals surface area contributed by atoms with E-state index in [2.05, 4.69) is 30.4 Å². The van der Waals surface area contributed by atoms with Crippen molar-refractivity contribution in [2.45, 2.75) is 0 Å². The van der Waals surface area contributed by atoms with Gasteiger partial charge in [-0.1, -0.05) is 42.5 Å². The summed E-state index contributed by atoms with van der Waals surface area (Å²) in [5.74, 6) is 3.08.